The Morgan fingerprint density at radius 3 is 2.05 bits per heavy atom. The monoisotopic (exact) mass is 284 g/mol. The number of aliphatic hydroxyl groups is 2. The minimum Gasteiger partial charge on any atom is -0.508 e. The average molecular weight is 284 g/mol. The van der Waals surface area contributed by atoms with Crippen LogP contribution in [0.15, 0.2) is 48.5 Å². The summed E-state index contributed by atoms with van der Waals surface area (Å²) in [6, 6.07) is 14.4. The van der Waals surface area contributed by atoms with Gasteiger partial charge in [-0.2, -0.15) is 0 Å². The van der Waals surface area contributed by atoms with Crippen LogP contribution in [0.3, 0.4) is 0 Å². The smallest absolute Gasteiger partial charge is 0.185 e. The molecule has 0 amide bonds. The van der Waals surface area contributed by atoms with Gasteiger partial charge >= 0.3 is 0 Å². The van der Waals surface area contributed by atoms with Gasteiger partial charge in [-0.25, -0.2) is 0 Å². The highest BCUT2D eigenvalue weighted by molar-refractivity contribution is 5.56. The van der Waals surface area contributed by atoms with Gasteiger partial charge in [-0.1, -0.05) is 50.2 Å². The van der Waals surface area contributed by atoms with Gasteiger partial charge in [-0.3, -0.25) is 0 Å². The lowest BCUT2D eigenvalue weighted by molar-refractivity contribution is -0.229. The summed E-state index contributed by atoms with van der Waals surface area (Å²) in [4.78, 5) is 0. The fourth-order valence-electron chi connectivity index (χ4n) is 3.64. The van der Waals surface area contributed by atoms with E-state index >= 15 is 0 Å². The van der Waals surface area contributed by atoms with Crippen LogP contribution in [0.2, 0.25) is 0 Å². The van der Waals surface area contributed by atoms with Crippen LogP contribution < -0.4 is 0 Å². The van der Waals surface area contributed by atoms with Gasteiger partial charge in [0, 0.05) is 5.41 Å². The summed E-state index contributed by atoms with van der Waals surface area (Å²) in [5.41, 5.74) is 0.660. The van der Waals surface area contributed by atoms with Gasteiger partial charge in [0.15, 0.2) is 5.79 Å². The number of hydrogen-bond acceptors (Lipinski definition) is 3. The van der Waals surface area contributed by atoms with Crippen molar-refractivity contribution in [2.75, 3.05) is 0 Å². The molecular formula is C18H20O3. The first-order valence-corrected chi connectivity index (χ1v) is 7.07. The molecular weight excluding hydrogens is 264 g/mol. The maximum Gasteiger partial charge on any atom is 0.185 e. The molecule has 2 aromatic carbocycles. The molecule has 0 radical (unpaired) electrons. The van der Waals surface area contributed by atoms with E-state index in [1.54, 1.807) is 18.2 Å². The first-order valence-electron chi connectivity index (χ1n) is 7.07. The van der Waals surface area contributed by atoms with Crippen molar-refractivity contribution in [1.29, 1.82) is 0 Å². The van der Waals surface area contributed by atoms with E-state index in [1.165, 1.54) is 0 Å². The number of hydrogen-bond donors (Lipinski definition) is 3. The van der Waals surface area contributed by atoms with Crippen molar-refractivity contribution in [3.63, 3.8) is 0 Å². The van der Waals surface area contributed by atoms with Gasteiger partial charge in [0.1, 0.15) is 5.75 Å². The van der Waals surface area contributed by atoms with E-state index in [9.17, 15) is 15.3 Å². The molecule has 3 rings (SSSR count). The van der Waals surface area contributed by atoms with E-state index < -0.39 is 16.6 Å². The molecule has 110 valence electrons. The largest absolute Gasteiger partial charge is 0.508 e. The summed E-state index contributed by atoms with van der Waals surface area (Å²) in [5, 5.41) is 31.7. The second-order valence-electron chi connectivity index (χ2n) is 6.52. The Balaban J connectivity index is 2.36. The van der Waals surface area contributed by atoms with Crippen molar-refractivity contribution in [3.05, 3.63) is 65.2 Å². The van der Waals surface area contributed by atoms with Crippen molar-refractivity contribution in [1.82, 2.24) is 0 Å². The molecule has 3 N–H and O–H groups in total. The molecule has 1 aliphatic rings. The Morgan fingerprint density at radius 2 is 1.43 bits per heavy atom. The third-order valence-corrected chi connectivity index (χ3v) is 5.13. The van der Waals surface area contributed by atoms with Gasteiger partial charge < -0.3 is 15.3 Å². The predicted octanol–water partition coefficient (Wildman–Crippen LogP) is 2.67. The highest BCUT2D eigenvalue weighted by Crippen LogP contribution is 2.58. The van der Waals surface area contributed by atoms with Gasteiger partial charge in [-0.15, -0.1) is 0 Å². The lowest BCUT2D eigenvalue weighted by Gasteiger charge is -2.43. The van der Waals surface area contributed by atoms with Crippen LogP contribution in [0.5, 0.6) is 5.75 Å². The van der Waals surface area contributed by atoms with Crippen molar-refractivity contribution >= 4 is 0 Å². The van der Waals surface area contributed by atoms with Crippen LogP contribution in [0.4, 0.5) is 0 Å². The van der Waals surface area contributed by atoms with E-state index in [2.05, 4.69) is 0 Å². The molecule has 2 aromatic rings. The molecule has 0 fully saturated rings. The van der Waals surface area contributed by atoms with Crippen LogP contribution in [0, 0.1) is 0 Å². The first kappa shape index (κ1) is 14.1. The molecule has 0 saturated heterocycles. The lowest BCUT2D eigenvalue weighted by atomic mass is 9.69. The lowest BCUT2D eigenvalue weighted by Crippen LogP contribution is -2.56. The number of aromatic hydroxyl groups is 1. The number of phenols is 1. The fourth-order valence-corrected chi connectivity index (χ4v) is 3.64. The van der Waals surface area contributed by atoms with Crippen LogP contribution in [-0.4, -0.2) is 21.1 Å². The van der Waals surface area contributed by atoms with Crippen molar-refractivity contribution < 1.29 is 15.3 Å². The normalized spacial score (nSPS) is 25.6. The zero-order valence-corrected chi connectivity index (χ0v) is 12.5. The highest BCUT2D eigenvalue weighted by atomic mass is 16.5. The molecule has 1 aliphatic carbocycles. The van der Waals surface area contributed by atoms with Crippen molar-refractivity contribution in [2.24, 2.45) is 0 Å². The zero-order valence-electron chi connectivity index (χ0n) is 12.5. The molecule has 0 heterocycles. The summed E-state index contributed by atoms with van der Waals surface area (Å²) < 4.78 is 0. The zero-order chi connectivity index (χ0) is 15.5. The molecule has 1 atom stereocenters. The number of fused-ring (bicyclic) bond motifs is 1. The third-order valence-electron chi connectivity index (χ3n) is 5.13. The molecule has 1 unspecified atom stereocenters. The maximum atomic E-state index is 11.0. The Morgan fingerprint density at radius 1 is 0.810 bits per heavy atom. The molecule has 0 bridgehead atoms. The Bertz CT molecular complexity index is 703. The predicted molar refractivity (Wildman–Crippen MR) is 81.2 cm³/mol. The van der Waals surface area contributed by atoms with E-state index in [1.807, 2.05) is 51.1 Å². The van der Waals surface area contributed by atoms with Gasteiger partial charge in [-0.05, 0) is 35.7 Å². The van der Waals surface area contributed by atoms with E-state index in [0.29, 0.717) is 5.56 Å². The van der Waals surface area contributed by atoms with Crippen LogP contribution in [0.25, 0.3) is 0 Å². The van der Waals surface area contributed by atoms with E-state index in [-0.39, 0.29) is 5.75 Å². The minimum atomic E-state index is -1.96. The van der Waals surface area contributed by atoms with Crippen LogP contribution in [0.1, 0.15) is 37.5 Å². The molecule has 0 spiro atoms. The maximum absolute atomic E-state index is 11.0. The van der Waals surface area contributed by atoms with E-state index in [4.69, 9.17) is 0 Å². The van der Waals surface area contributed by atoms with Crippen LogP contribution >= 0.6 is 0 Å². The number of benzene rings is 2. The number of rotatable bonds is 1. The summed E-state index contributed by atoms with van der Waals surface area (Å²) in [7, 11) is 0. The molecule has 3 nitrogen and oxygen atoms in total. The third kappa shape index (κ3) is 1.56. The molecule has 0 saturated carbocycles. The standard InChI is InChI=1S/C18H20O3/c1-16(2)14-9-4-5-10-15(14)17(3,18(16,20)21)12-7-6-8-13(19)11-12/h4-11,19-21H,1-3H3. The first-order chi connectivity index (χ1) is 9.73. The molecule has 3 heteroatoms. The molecule has 0 aromatic heterocycles. The van der Waals surface area contributed by atoms with Gasteiger partial charge in [0.05, 0.1) is 5.41 Å². The molecule has 0 aliphatic heterocycles. The average Bonchev–Trinajstić information content (AvgIpc) is 2.57. The van der Waals surface area contributed by atoms with Gasteiger partial charge in [0.25, 0.3) is 0 Å². The quantitative estimate of drug-likeness (QED) is 0.706. The topological polar surface area (TPSA) is 60.7 Å². The summed E-state index contributed by atoms with van der Waals surface area (Å²) in [6.45, 7) is 5.48. The van der Waals surface area contributed by atoms with Crippen molar-refractivity contribution in [2.45, 2.75) is 37.4 Å². The number of phenolic OH excluding ortho intramolecular Hbond substituents is 1. The van der Waals surface area contributed by atoms with Gasteiger partial charge in [0.2, 0.25) is 0 Å². The summed E-state index contributed by atoms with van der Waals surface area (Å²) >= 11 is 0. The van der Waals surface area contributed by atoms with E-state index in [0.717, 1.165) is 11.1 Å². The Hall–Kier alpha value is -1.84. The Kier molecular flexibility index (Phi) is 2.75. The second kappa shape index (κ2) is 4.09. The summed E-state index contributed by atoms with van der Waals surface area (Å²) in [6.07, 6.45) is 0. The summed E-state index contributed by atoms with van der Waals surface area (Å²) in [5.74, 6) is -1.84. The molecule has 21 heavy (non-hydrogen) atoms. The fraction of sp³-hybridized carbons (Fsp3) is 0.333. The minimum absolute atomic E-state index is 0.117. The van der Waals surface area contributed by atoms with Crippen molar-refractivity contribution in [3.8, 4) is 5.75 Å². The second-order valence-corrected chi connectivity index (χ2v) is 6.52. The highest BCUT2D eigenvalue weighted by Gasteiger charge is 2.64. The SMILES string of the molecule is CC1(C)c2ccccc2C(C)(c2cccc(O)c2)C1(O)O. The van der Waals surface area contributed by atoms with Crippen LogP contribution in [-0.2, 0) is 10.8 Å². The Labute approximate surface area is 124 Å².